The molecule has 1 N–H and O–H groups in total. The van der Waals surface area contributed by atoms with Gasteiger partial charge in [-0.3, -0.25) is 9.48 Å². The van der Waals surface area contributed by atoms with Crippen LogP contribution in [0, 0.1) is 0 Å². The first-order chi connectivity index (χ1) is 14.1. The second-order valence-electron chi connectivity index (χ2n) is 6.67. The van der Waals surface area contributed by atoms with Gasteiger partial charge in [0.05, 0.1) is 18.1 Å². The van der Waals surface area contributed by atoms with Crippen molar-refractivity contribution < 1.29 is 9.21 Å². The van der Waals surface area contributed by atoms with Gasteiger partial charge in [0.1, 0.15) is 5.69 Å². The lowest BCUT2D eigenvalue weighted by Gasteiger charge is -2.06. The number of carbonyl (C=O) groups is 1. The third-order valence-electron chi connectivity index (χ3n) is 4.45. The van der Waals surface area contributed by atoms with E-state index < -0.39 is 0 Å². The average Bonchev–Trinajstić information content (AvgIpc) is 3.45. The lowest BCUT2D eigenvalue weighted by molar-refractivity contribution is 0.0948. The Morgan fingerprint density at radius 1 is 1.24 bits per heavy atom. The van der Waals surface area contributed by atoms with Crippen LogP contribution in [-0.2, 0) is 13.5 Å². The number of halogens is 1. The number of rotatable bonds is 7. The number of hydrogen-bond acceptors (Lipinski definition) is 4. The maximum absolute atomic E-state index is 12.6. The topological polar surface area (TPSA) is 77.9 Å². The summed E-state index contributed by atoms with van der Waals surface area (Å²) in [5.74, 6) is 0.387. The van der Waals surface area contributed by atoms with Crippen molar-refractivity contribution in [2.45, 2.75) is 12.8 Å². The molecule has 3 aromatic heterocycles. The van der Waals surface area contributed by atoms with Crippen LogP contribution in [-0.4, -0.2) is 32.0 Å². The van der Waals surface area contributed by atoms with E-state index in [1.807, 2.05) is 37.6 Å². The number of aryl methyl sites for hydroxylation is 2. The molecule has 0 aliphatic carbocycles. The third kappa shape index (κ3) is 4.41. The predicted molar refractivity (Wildman–Crippen MR) is 110 cm³/mol. The van der Waals surface area contributed by atoms with Crippen molar-refractivity contribution in [3.8, 4) is 17.1 Å². The Morgan fingerprint density at radius 3 is 2.86 bits per heavy atom. The molecule has 0 saturated carbocycles. The molecular weight excluding hydrogens is 390 g/mol. The molecule has 1 amide bonds. The lowest BCUT2D eigenvalue weighted by Crippen LogP contribution is -2.25. The SMILES string of the molecule is Cn1cc(CCCNC(=O)c2cc(-c3ccco3)n(-c3cccc(Cl)c3)n2)cn1. The summed E-state index contributed by atoms with van der Waals surface area (Å²) in [6, 6.07) is 12.6. The Morgan fingerprint density at radius 2 is 2.14 bits per heavy atom. The fourth-order valence-electron chi connectivity index (χ4n) is 3.08. The molecule has 0 radical (unpaired) electrons. The Bertz CT molecular complexity index is 1110. The van der Waals surface area contributed by atoms with Crippen molar-refractivity contribution in [2.75, 3.05) is 6.54 Å². The number of carbonyl (C=O) groups excluding carboxylic acids is 1. The molecule has 4 rings (SSSR count). The highest BCUT2D eigenvalue weighted by Crippen LogP contribution is 2.25. The summed E-state index contributed by atoms with van der Waals surface area (Å²) in [7, 11) is 1.89. The van der Waals surface area contributed by atoms with Crippen LogP contribution in [0.1, 0.15) is 22.5 Å². The molecule has 0 aliphatic rings. The van der Waals surface area contributed by atoms with E-state index in [0.29, 0.717) is 28.7 Å². The first-order valence-corrected chi connectivity index (χ1v) is 9.63. The number of amides is 1. The second kappa shape index (κ2) is 8.36. The Kier molecular flexibility index (Phi) is 5.48. The summed E-state index contributed by atoms with van der Waals surface area (Å²) in [5.41, 5.74) is 2.89. The van der Waals surface area contributed by atoms with Crippen LogP contribution in [0.25, 0.3) is 17.1 Å². The van der Waals surface area contributed by atoms with Gasteiger partial charge in [0.25, 0.3) is 5.91 Å². The first-order valence-electron chi connectivity index (χ1n) is 9.26. The zero-order valence-corrected chi connectivity index (χ0v) is 16.6. The quantitative estimate of drug-likeness (QED) is 0.470. The van der Waals surface area contributed by atoms with Crippen LogP contribution >= 0.6 is 11.6 Å². The summed E-state index contributed by atoms with van der Waals surface area (Å²) < 4.78 is 8.95. The average molecular weight is 410 g/mol. The van der Waals surface area contributed by atoms with Crippen molar-refractivity contribution in [3.63, 3.8) is 0 Å². The smallest absolute Gasteiger partial charge is 0.271 e. The summed E-state index contributed by atoms with van der Waals surface area (Å²) in [5, 5.41) is 12.2. The van der Waals surface area contributed by atoms with Gasteiger partial charge in [0, 0.05) is 30.9 Å². The van der Waals surface area contributed by atoms with E-state index in [0.717, 1.165) is 24.1 Å². The molecule has 7 nitrogen and oxygen atoms in total. The van der Waals surface area contributed by atoms with E-state index in [1.54, 1.807) is 39.9 Å². The molecule has 3 heterocycles. The van der Waals surface area contributed by atoms with Crippen molar-refractivity contribution in [2.24, 2.45) is 7.05 Å². The predicted octanol–water partition coefficient (Wildman–Crippen LogP) is 3.88. The fourth-order valence-corrected chi connectivity index (χ4v) is 3.27. The van der Waals surface area contributed by atoms with E-state index >= 15 is 0 Å². The van der Waals surface area contributed by atoms with Crippen LogP contribution in [0.3, 0.4) is 0 Å². The number of furan rings is 1. The molecular formula is C21H20ClN5O2. The maximum Gasteiger partial charge on any atom is 0.271 e. The van der Waals surface area contributed by atoms with Gasteiger partial charge in [-0.05, 0) is 48.7 Å². The van der Waals surface area contributed by atoms with E-state index in [4.69, 9.17) is 16.0 Å². The molecule has 0 bridgehead atoms. The first kappa shape index (κ1) is 19.0. The fraction of sp³-hybridized carbons (Fsp3) is 0.190. The lowest BCUT2D eigenvalue weighted by atomic mass is 10.2. The molecule has 0 unspecified atom stereocenters. The molecule has 0 atom stereocenters. The monoisotopic (exact) mass is 409 g/mol. The van der Waals surface area contributed by atoms with Gasteiger partial charge in [-0.25, -0.2) is 4.68 Å². The van der Waals surface area contributed by atoms with Gasteiger partial charge < -0.3 is 9.73 Å². The van der Waals surface area contributed by atoms with Crippen LogP contribution in [0.2, 0.25) is 5.02 Å². The number of nitrogens with one attached hydrogen (secondary N) is 1. The molecule has 4 aromatic rings. The number of benzene rings is 1. The standard InChI is InChI=1S/C21H20ClN5O2/c1-26-14-15(13-24-26)5-3-9-23-21(28)18-12-19(20-8-4-10-29-20)27(25-18)17-7-2-6-16(22)11-17/h2,4,6-8,10-14H,3,5,9H2,1H3,(H,23,28). The van der Waals surface area contributed by atoms with Gasteiger partial charge in [0.2, 0.25) is 0 Å². The zero-order chi connectivity index (χ0) is 20.2. The molecule has 0 aliphatic heterocycles. The highest BCUT2D eigenvalue weighted by Gasteiger charge is 2.18. The van der Waals surface area contributed by atoms with Crippen LogP contribution in [0.15, 0.2) is 65.5 Å². The summed E-state index contributed by atoms with van der Waals surface area (Å²) >= 11 is 6.13. The largest absolute Gasteiger partial charge is 0.463 e. The van der Waals surface area contributed by atoms with Crippen LogP contribution in [0.4, 0.5) is 0 Å². The van der Waals surface area contributed by atoms with Crippen molar-refractivity contribution in [3.05, 3.63) is 77.4 Å². The molecule has 1 aromatic carbocycles. The molecule has 148 valence electrons. The second-order valence-corrected chi connectivity index (χ2v) is 7.10. The van der Waals surface area contributed by atoms with Crippen LogP contribution in [0.5, 0.6) is 0 Å². The molecule has 0 spiro atoms. The van der Waals surface area contributed by atoms with Crippen molar-refractivity contribution >= 4 is 17.5 Å². The minimum Gasteiger partial charge on any atom is -0.463 e. The summed E-state index contributed by atoms with van der Waals surface area (Å²) in [6.45, 7) is 0.549. The summed E-state index contributed by atoms with van der Waals surface area (Å²) in [4.78, 5) is 12.6. The minimum absolute atomic E-state index is 0.232. The van der Waals surface area contributed by atoms with E-state index in [9.17, 15) is 4.79 Å². The van der Waals surface area contributed by atoms with Crippen LogP contribution < -0.4 is 5.32 Å². The number of hydrogen-bond donors (Lipinski definition) is 1. The Balaban J connectivity index is 1.49. The van der Waals surface area contributed by atoms with E-state index in [2.05, 4.69) is 15.5 Å². The number of aromatic nitrogens is 4. The van der Waals surface area contributed by atoms with Gasteiger partial charge in [-0.15, -0.1) is 0 Å². The normalized spacial score (nSPS) is 11.0. The van der Waals surface area contributed by atoms with E-state index in [-0.39, 0.29) is 5.91 Å². The van der Waals surface area contributed by atoms with Crippen molar-refractivity contribution in [1.29, 1.82) is 0 Å². The maximum atomic E-state index is 12.6. The summed E-state index contributed by atoms with van der Waals surface area (Å²) in [6.07, 6.45) is 7.07. The molecule has 0 fully saturated rings. The highest BCUT2D eigenvalue weighted by atomic mass is 35.5. The van der Waals surface area contributed by atoms with E-state index in [1.165, 1.54) is 0 Å². The van der Waals surface area contributed by atoms with Gasteiger partial charge in [0.15, 0.2) is 11.5 Å². The molecule has 8 heteroatoms. The third-order valence-corrected chi connectivity index (χ3v) is 4.69. The van der Waals surface area contributed by atoms with Gasteiger partial charge in [-0.1, -0.05) is 17.7 Å². The number of nitrogens with zero attached hydrogens (tertiary/aromatic N) is 4. The molecule has 29 heavy (non-hydrogen) atoms. The van der Waals surface area contributed by atoms with Crippen molar-refractivity contribution in [1.82, 2.24) is 24.9 Å². The molecule has 0 saturated heterocycles. The zero-order valence-electron chi connectivity index (χ0n) is 15.9. The van der Waals surface area contributed by atoms with Gasteiger partial charge in [-0.2, -0.15) is 10.2 Å². The van der Waals surface area contributed by atoms with Gasteiger partial charge >= 0.3 is 0 Å². The minimum atomic E-state index is -0.232. The highest BCUT2D eigenvalue weighted by molar-refractivity contribution is 6.30. The Hall–Kier alpha value is -3.32. The Labute approximate surface area is 172 Å².